The summed E-state index contributed by atoms with van der Waals surface area (Å²) in [6, 6.07) is 7.94. The van der Waals surface area contributed by atoms with Gasteiger partial charge in [-0.1, -0.05) is 24.6 Å². The van der Waals surface area contributed by atoms with Gasteiger partial charge >= 0.3 is 5.97 Å². The van der Waals surface area contributed by atoms with Gasteiger partial charge in [0.25, 0.3) is 5.91 Å². The number of amides is 1. The summed E-state index contributed by atoms with van der Waals surface area (Å²) >= 11 is 0. The highest BCUT2D eigenvalue weighted by atomic mass is 16.5. The minimum absolute atomic E-state index is 0.00605. The molecule has 4 rings (SSSR count). The zero-order valence-electron chi connectivity index (χ0n) is 16.0. The van der Waals surface area contributed by atoms with Crippen molar-refractivity contribution >= 4 is 23.3 Å². The molecule has 1 aromatic rings. The van der Waals surface area contributed by atoms with Crippen LogP contribution in [0.5, 0.6) is 0 Å². The summed E-state index contributed by atoms with van der Waals surface area (Å²) in [6.07, 6.45) is 4.01. The number of ether oxygens (including phenoxy) is 1. The van der Waals surface area contributed by atoms with Crippen LogP contribution in [0.4, 0.5) is 5.69 Å². The largest absolute Gasteiger partial charge is 0.452 e. The normalized spacial score (nSPS) is 30.6. The molecular weight excluding hydrogens is 342 g/mol. The van der Waals surface area contributed by atoms with E-state index in [1.807, 2.05) is 31.2 Å². The number of fused-ring (bicyclic) bond motifs is 3. The van der Waals surface area contributed by atoms with E-state index in [1.165, 1.54) is 0 Å². The summed E-state index contributed by atoms with van der Waals surface area (Å²) in [4.78, 5) is 39.6. The van der Waals surface area contributed by atoms with Gasteiger partial charge in [-0.2, -0.15) is 0 Å². The number of Topliss-reactive ketones (excluding diaryl/α,β-unsaturated/α-hetero) is 1. The van der Waals surface area contributed by atoms with Crippen LogP contribution in [-0.4, -0.2) is 29.8 Å². The molecule has 0 aromatic heterocycles. The number of hydrogen-bond acceptors (Lipinski definition) is 4. The van der Waals surface area contributed by atoms with Crippen LogP contribution in [0.25, 0.3) is 0 Å². The van der Waals surface area contributed by atoms with Crippen molar-refractivity contribution in [1.82, 2.24) is 0 Å². The van der Waals surface area contributed by atoms with E-state index >= 15 is 0 Å². The topological polar surface area (TPSA) is 63.7 Å². The monoisotopic (exact) mass is 369 g/mol. The Bertz CT molecular complexity index is 757. The maximum Gasteiger partial charge on any atom is 0.309 e. The second-order valence-corrected chi connectivity index (χ2v) is 8.36. The maximum absolute atomic E-state index is 13.0. The molecule has 5 nitrogen and oxygen atoms in total. The standard InChI is InChI=1S/C22H27NO4/c1-13-10-15-6-3-4-9-19(15)23(13)21(25)14(2)27-22(26)18-11-16-7-5-8-17(12-18)20(16)24/h3-4,6,9,13-14,16-18H,5,7-8,10-12H2,1-2H3/t13-,14+,16-,17+,18?/m0/s1. The minimum atomic E-state index is -0.816. The first-order valence-electron chi connectivity index (χ1n) is 10.1. The summed E-state index contributed by atoms with van der Waals surface area (Å²) in [7, 11) is 0. The van der Waals surface area contributed by atoms with Crippen molar-refractivity contribution in [3.05, 3.63) is 29.8 Å². The second kappa shape index (κ2) is 7.10. The third-order valence-corrected chi connectivity index (χ3v) is 6.47. The van der Waals surface area contributed by atoms with Crippen LogP contribution in [0.2, 0.25) is 0 Å². The van der Waals surface area contributed by atoms with E-state index < -0.39 is 6.10 Å². The summed E-state index contributed by atoms with van der Waals surface area (Å²) in [6.45, 7) is 3.67. The fourth-order valence-electron chi connectivity index (χ4n) is 5.09. The van der Waals surface area contributed by atoms with Gasteiger partial charge in [0.15, 0.2) is 6.10 Å². The average Bonchev–Trinajstić information content (AvgIpc) is 2.96. The summed E-state index contributed by atoms with van der Waals surface area (Å²) in [5.74, 6) is -0.403. The molecule has 1 amide bonds. The average molecular weight is 369 g/mol. The van der Waals surface area contributed by atoms with Crippen molar-refractivity contribution in [2.24, 2.45) is 17.8 Å². The molecule has 2 bridgehead atoms. The number of anilines is 1. The Morgan fingerprint density at radius 2 is 1.81 bits per heavy atom. The SMILES string of the molecule is C[C@@H](OC(=O)C1C[C@H]2CCC[C@@H](C1)C2=O)C(=O)N1c2ccccc2C[C@@H]1C. The lowest BCUT2D eigenvalue weighted by atomic mass is 9.67. The van der Waals surface area contributed by atoms with Gasteiger partial charge in [-0.3, -0.25) is 14.4 Å². The van der Waals surface area contributed by atoms with Gasteiger partial charge < -0.3 is 9.64 Å². The third-order valence-electron chi connectivity index (χ3n) is 6.47. The number of hydrogen-bond donors (Lipinski definition) is 0. The van der Waals surface area contributed by atoms with E-state index in [9.17, 15) is 14.4 Å². The van der Waals surface area contributed by atoms with Crippen molar-refractivity contribution in [2.75, 3.05) is 4.90 Å². The molecule has 5 heteroatoms. The lowest BCUT2D eigenvalue weighted by Crippen LogP contribution is -2.45. The second-order valence-electron chi connectivity index (χ2n) is 8.36. The molecule has 2 saturated carbocycles. The number of para-hydroxylation sites is 1. The van der Waals surface area contributed by atoms with Crippen LogP contribution in [0, 0.1) is 17.8 Å². The van der Waals surface area contributed by atoms with E-state index in [1.54, 1.807) is 11.8 Å². The van der Waals surface area contributed by atoms with Crippen molar-refractivity contribution in [1.29, 1.82) is 0 Å². The van der Waals surface area contributed by atoms with E-state index in [0.717, 1.165) is 36.9 Å². The summed E-state index contributed by atoms with van der Waals surface area (Å²) in [5, 5.41) is 0. The number of carbonyl (C=O) groups is 3. The van der Waals surface area contributed by atoms with Crippen molar-refractivity contribution in [3.63, 3.8) is 0 Å². The molecule has 0 saturated heterocycles. The molecule has 2 aliphatic carbocycles. The highest BCUT2D eigenvalue weighted by Crippen LogP contribution is 2.40. The van der Waals surface area contributed by atoms with Gasteiger partial charge in [-0.15, -0.1) is 0 Å². The van der Waals surface area contributed by atoms with E-state index in [-0.39, 0.29) is 35.7 Å². The molecule has 1 unspecified atom stereocenters. The van der Waals surface area contributed by atoms with Gasteiger partial charge in [-0.25, -0.2) is 0 Å². The number of esters is 1. The third kappa shape index (κ3) is 3.28. The predicted octanol–water partition coefficient (Wildman–Crippen LogP) is 3.29. The lowest BCUT2D eigenvalue weighted by Gasteiger charge is -2.37. The number of benzene rings is 1. The van der Waals surface area contributed by atoms with E-state index in [4.69, 9.17) is 4.74 Å². The molecule has 3 aliphatic rings. The summed E-state index contributed by atoms with van der Waals surface area (Å²) in [5.41, 5.74) is 2.06. The first-order chi connectivity index (χ1) is 13.0. The van der Waals surface area contributed by atoms with Crippen LogP contribution >= 0.6 is 0 Å². The molecule has 27 heavy (non-hydrogen) atoms. The molecule has 1 aliphatic heterocycles. The Kier molecular flexibility index (Phi) is 4.79. The van der Waals surface area contributed by atoms with Gasteiger partial charge in [-0.05, 0) is 57.6 Å². The maximum atomic E-state index is 13.0. The van der Waals surface area contributed by atoms with Crippen LogP contribution in [-0.2, 0) is 25.5 Å². The van der Waals surface area contributed by atoms with Gasteiger partial charge in [0.2, 0.25) is 0 Å². The number of rotatable bonds is 3. The molecular formula is C22H27NO4. The molecule has 0 radical (unpaired) electrons. The molecule has 1 aromatic carbocycles. The van der Waals surface area contributed by atoms with E-state index in [2.05, 4.69) is 0 Å². The predicted molar refractivity (Wildman–Crippen MR) is 101 cm³/mol. The Morgan fingerprint density at radius 3 is 2.52 bits per heavy atom. The Labute approximate surface area is 160 Å². The highest BCUT2D eigenvalue weighted by molar-refractivity contribution is 5.99. The smallest absolute Gasteiger partial charge is 0.309 e. The van der Waals surface area contributed by atoms with Crippen LogP contribution in [0.15, 0.2) is 24.3 Å². The molecule has 2 fully saturated rings. The van der Waals surface area contributed by atoms with Crippen LogP contribution in [0.1, 0.15) is 51.5 Å². The van der Waals surface area contributed by atoms with Gasteiger partial charge in [0.05, 0.1) is 5.92 Å². The molecule has 144 valence electrons. The Hall–Kier alpha value is -2.17. The van der Waals surface area contributed by atoms with Gasteiger partial charge in [0.1, 0.15) is 5.78 Å². The first-order valence-corrected chi connectivity index (χ1v) is 10.1. The van der Waals surface area contributed by atoms with Crippen LogP contribution in [0.3, 0.4) is 0 Å². The Morgan fingerprint density at radius 1 is 1.15 bits per heavy atom. The molecule has 1 heterocycles. The summed E-state index contributed by atoms with van der Waals surface area (Å²) < 4.78 is 5.59. The zero-order chi connectivity index (χ0) is 19.1. The van der Waals surface area contributed by atoms with Gasteiger partial charge in [0, 0.05) is 23.6 Å². The minimum Gasteiger partial charge on any atom is -0.452 e. The van der Waals surface area contributed by atoms with Crippen molar-refractivity contribution in [3.8, 4) is 0 Å². The number of ketones is 1. The fraction of sp³-hybridized carbons (Fsp3) is 0.591. The van der Waals surface area contributed by atoms with Crippen molar-refractivity contribution in [2.45, 2.75) is 64.5 Å². The number of carbonyl (C=O) groups excluding carboxylic acids is 3. The molecule has 5 atom stereocenters. The van der Waals surface area contributed by atoms with Crippen LogP contribution < -0.4 is 4.90 Å². The van der Waals surface area contributed by atoms with Crippen molar-refractivity contribution < 1.29 is 19.1 Å². The Balaban J connectivity index is 1.42. The quantitative estimate of drug-likeness (QED) is 0.767. The van der Waals surface area contributed by atoms with E-state index in [0.29, 0.717) is 18.6 Å². The lowest BCUT2D eigenvalue weighted by molar-refractivity contribution is -0.161. The fourth-order valence-corrected chi connectivity index (χ4v) is 5.09. The molecule has 0 N–H and O–H groups in total. The molecule has 0 spiro atoms. The number of nitrogens with zero attached hydrogens (tertiary/aromatic N) is 1. The zero-order valence-corrected chi connectivity index (χ0v) is 16.0. The first kappa shape index (κ1) is 18.2. The highest BCUT2D eigenvalue weighted by Gasteiger charge is 2.43.